The number of aromatic hydroxyl groups is 1. The first-order chi connectivity index (χ1) is 9.54. The second-order valence-corrected chi connectivity index (χ2v) is 4.49. The van der Waals surface area contributed by atoms with Crippen LogP contribution in [0.2, 0.25) is 0 Å². The molecule has 20 heavy (non-hydrogen) atoms. The number of nitrogens with zero attached hydrogens (tertiary/aromatic N) is 2. The van der Waals surface area contributed by atoms with Gasteiger partial charge >= 0.3 is 0 Å². The van der Waals surface area contributed by atoms with Crippen molar-refractivity contribution in [3.05, 3.63) is 59.2 Å². The van der Waals surface area contributed by atoms with Gasteiger partial charge in [-0.15, -0.1) is 0 Å². The third-order valence-electron chi connectivity index (χ3n) is 3.15. The lowest BCUT2D eigenvalue weighted by Gasteiger charge is -2.18. The van der Waals surface area contributed by atoms with E-state index >= 15 is 0 Å². The molecule has 0 unspecified atom stereocenters. The molecule has 4 heteroatoms. The van der Waals surface area contributed by atoms with E-state index < -0.39 is 0 Å². The molecule has 0 aliphatic heterocycles. The Labute approximate surface area is 117 Å². The molecule has 1 N–H and O–H groups in total. The highest BCUT2D eigenvalue weighted by Gasteiger charge is 2.16. The zero-order valence-electron chi connectivity index (χ0n) is 11.3. The first-order valence-corrected chi connectivity index (χ1v) is 6.11. The summed E-state index contributed by atoms with van der Waals surface area (Å²) in [4.78, 5) is 13.8. The molecule has 0 bridgehead atoms. The maximum absolute atomic E-state index is 12.4. The minimum absolute atomic E-state index is 0.0813. The van der Waals surface area contributed by atoms with Crippen molar-refractivity contribution < 1.29 is 9.90 Å². The van der Waals surface area contributed by atoms with Crippen LogP contribution >= 0.6 is 0 Å². The molecule has 0 aromatic heterocycles. The summed E-state index contributed by atoms with van der Waals surface area (Å²) in [6, 6.07) is 13.7. The molecule has 0 spiro atoms. The Morgan fingerprint density at radius 3 is 2.60 bits per heavy atom. The van der Waals surface area contributed by atoms with E-state index in [1.165, 1.54) is 11.0 Å². The fraction of sp³-hybridized carbons (Fsp3) is 0.125. The zero-order chi connectivity index (χ0) is 14.7. The van der Waals surface area contributed by atoms with Gasteiger partial charge in [-0.2, -0.15) is 5.26 Å². The molecule has 2 aromatic rings. The number of nitriles is 1. The van der Waals surface area contributed by atoms with E-state index in [0.29, 0.717) is 22.4 Å². The van der Waals surface area contributed by atoms with Gasteiger partial charge in [-0.3, -0.25) is 4.79 Å². The number of phenolic OH excluding ortho intramolecular Hbond substituents is 1. The summed E-state index contributed by atoms with van der Waals surface area (Å²) in [5, 5.41) is 18.8. The maximum atomic E-state index is 12.4. The van der Waals surface area contributed by atoms with Crippen molar-refractivity contribution in [3.8, 4) is 11.8 Å². The lowest BCUT2D eigenvalue weighted by Crippen LogP contribution is -2.26. The molecule has 2 aromatic carbocycles. The van der Waals surface area contributed by atoms with E-state index in [9.17, 15) is 9.90 Å². The third-order valence-corrected chi connectivity index (χ3v) is 3.15. The molecule has 0 saturated carbocycles. The van der Waals surface area contributed by atoms with Gasteiger partial charge in [0.2, 0.25) is 0 Å². The average molecular weight is 266 g/mol. The molecule has 0 fully saturated rings. The lowest BCUT2D eigenvalue weighted by atomic mass is 10.1. The predicted molar refractivity (Wildman–Crippen MR) is 76.7 cm³/mol. The van der Waals surface area contributed by atoms with E-state index in [-0.39, 0.29) is 11.7 Å². The number of anilines is 1. The van der Waals surface area contributed by atoms with Crippen molar-refractivity contribution in [1.82, 2.24) is 0 Å². The van der Waals surface area contributed by atoms with Crippen LogP contribution in [0, 0.1) is 18.3 Å². The van der Waals surface area contributed by atoms with Crippen molar-refractivity contribution in [1.29, 1.82) is 5.26 Å². The van der Waals surface area contributed by atoms with E-state index in [1.807, 2.05) is 0 Å². The zero-order valence-corrected chi connectivity index (χ0v) is 11.3. The first kappa shape index (κ1) is 13.6. The van der Waals surface area contributed by atoms with Gasteiger partial charge in [-0.05, 0) is 36.8 Å². The second kappa shape index (κ2) is 5.45. The van der Waals surface area contributed by atoms with Crippen LogP contribution in [0.1, 0.15) is 21.5 Å². The minimum atomic E-state index is -0.275. The molecule has 4 nitrogen and oxygen atoms in total. The highest BCUT2D eigenvalue weighted by atomic mass is 16.3. The summed E-state index contributed by atoms with van der Waals surface area (Å²) in [6.07, 6.45) is 0. The van der Waals surface area contributed by atoms with Crippen LogP contribution < -0.4 is 4.90 Å². The predicted octanol–water partition coefficient (Wildman–Crippen LogP) is 2.85. The molecule has 0 aliphatic carbocycles. The molecule has 0 aliphatic rings. The monoisotopic (exact) mass is 266 g/mol. The van der Waals surface area contributed by atoms with Gasteiger partial charge in [0.25, 0.3) is 5.91 Å². The Hall–Kier alpha value is -2.80. The number of aryl methyl sites for hydroxylation is 1. The number of hydrogen-bond donors (Lipinski definition) is 1. The molecule has 100 valence electrons. The normalized spacial score (nSPS) is 9.85. The van der Waals surface area contributed by atoms with E-state index in [0.717, 1.165) is 0 Å². The number of para-hydroxylation sites is 1. The molecule has 2 rings (SSSR count). The summed E-state index contributed by atoms with van der Waals surface area (Å²) in [5.74, 6) is -0.194. The Morgan fingerprint density at radius 2 is 1.95 bits per heavy atom. The van der Waals surface area contributed by atoms with Crippen molar-refractivity contribution in [2.45, 2.75) is 6.92 Å². The SMILES string of the molecule is Cc1ccc(C(=O)N(C)c2ccccc2C#N)cc1O. The number of rotatable bonds is 2. The van der Waals surface area contributed by atoms with Crippen molar-refractivity contribution in [2.75, 3.05) is 11.9 Å². The number of carbonyl (C=O) groups is 1. The van der Waals surface area contributed by atoms with Gasteiger partial charge in [-0.25, -0.2) is 0 Å². The van der Waals surface area contributed by atoms with Gasteiger partial charge < -0.3 is 10.0 Å². The van der Waals surface area contributed by atoms with Gasteiger partial charge in [0.05, 0.1) is 11.3 Å². The Morgan fingerprint density at radius 1 is 1.25 bits per heavy atom. The Balaban J connectivity index is 2.38. The molecule has 0 heterocycles. The summed E-state index contributed by atoms with van der Waals surface area (Å²) in [6.45, 7) is 1.76. The Bertz CT molecular complexity index is 702. The molecular formula is C16H14N2O2. The Kier molecular flexibility index (Phi) is 3.72. The highest BCUT2D eigenvalue weighted by Crippen LogP contribution is 2.23. The van der Waals surface area contributed by atoms with Crippen molar-refractivity contribution in [3.63, 3.8) is 0 Å². The summed E-state index contributed by atoms with van der Waals surface area (Å²) in [7, 11) is 1.61. The fourth-order valence-electron chi connectivity index (χ4n) is 1.91. The molecular weight excluding hydrogens is 252 g/mol. The smallest absolute Gasteiger partial charge is 0.258 e. The number of phenols is 1. The van der Waals surface area contributed by atoms with Crippen LogP contribution in [0.4, 0.5) is 5.69 Å². The van der Waals surface area contributed by atoms with Gasteiger partial charge in [0, 0.05) is 12.6 Å². The van der Waals surface area contributed by atoms with E-state index in [2.05, 4.69) is 6.07 Å². The van der Waals surface area contributed by atoms with Crippen LogP contribution in [0.3, 0.4) is 0 Å². The summed E-state index contributed by atoms with van der Waals surface area (Å²) >= 11 is 0. The average Bonchev–Trinajstić information content (AvgIpc) is 2.48. The topological polar surface area (TPSA) is 64.3 Å². The van der Waals surface area contributed by atoms with Crippen molar-refractivity contribution in [2.24, 2.45) is 0 Å². The molecule has 1 amide bonds. The summed E-state index contributed by atoms with van der Waals surface area (Å²) in [5.41, 5.74) is 2.06. The van der Waals surface area contributed by atoms with Crippen LogP contribution in [0.15, 0.2) is 42.5 Å². The van der Waals surface area contributed by atoms with Gasteiger partial charge in [0.1, 0.15) is 11.8 Å². The second-order valence-electron chi connectivity index (χ2n) is 4.49. The fourth-order valence-corrected chi connectivity index (χ4v) is 1.91. The number of benzene rings is 2. The van der Waals surface area contributed by atoms with E-state index in [4.69, 9.17) is 5.26 Å². The van der Waals surface area contributed by atoms with Crippen LogP contribution in [-0.2, 0) is 0 Å². The quantitative estimate of drug-likeness (QED) is 0.909. The largest absolute Gasteiger partial charge is 0.508 e. The lowest BCUT2D eigenvalue weighted by molar-refractivity contribution is 0.0992. The van der Waals surface area contributed by atoms with Crippen LogP contribution in [-0.4, -0.2) is 18.1 Å². The minimum Gasteiger partial charge on any atom is -0.508 e. The summed E-state index contributed by atoms with van der Waals surface area (Å²) < 4.78 is 0. The molecule has 0 atom stereocenters. The van der Waals surface area contributed by atoms with Crippen LogP contribution in [0.5, 0.6) is 5.75 Å². The first-order valence-electron chi connectivity index (χ1n) is 6.11. The van der Waals surface area contributed by atoms with Crippen LogP contribution in [0.25, 0.3) is 0 Å². The third kappa shape index (κ3) is 2.47. The number of hydrogen-bond acceptors (Lipinski definition) is 3. The number of amides is 1. The standard InChI is InChI=1S/C16H14N2O2/c1-11-7-8-12(9-15(11)19)16(20)18(2)14-6-4-3-5-13(14)10-17/h3-9,19H,1-2H3. The van der Waals surface area contributed by atoms with Gasteiger partial charge in [-0.1, -0.05) is 18.2 Å². The molecule has 0 radical (unpaired) electrons. The maximum Gasteiger partial charge on any atom is 0.258 e. The highest BCUT2D eigenvalue weighted by molar-refractivity contribution is 6.06. The van der Waals surface area contributed by atoms with Gasteiger partial charge in [0.15, 0.2) is 0 Å². The molecule has 0 saturated heterocycles. The van der Waals surface area contributed by atoms with E-state index in [1.54, 1.807) is 50.4 Å². The number of carbonyl (C=O) groups excluding carboxylic acids is 1. The van der Waals surface area contributed by atoms with Crippen molar-refractivity contribution >= 4 is 11.6 Å².